The van der Waals surface area contributed by atoms with E-state index in [1.54, 1.807) is 12.1 Å². The van der Waals surface area contributed by atoms with Gasteiger partial charge >= 0.3 is 5.97 Å². The Labute approximate surface area is 109 Å². The molecule has 3 nitrogen and oxygen atoms in total. The first kappa shape index (κ1) is 11.2. The van der Waals surface area contributed by atoms with Crippen LogP contribution in [0.3, 0.4) is 0 Å². The Bertz CT molecular complexity index is 511. The molecule has 0 amide bonds. The number of halogens is 2. The maximum atomic E-state index is 11.5. The van der Waals surface area contributed by atoms with Gasteiger partial charge in [0.1, 0.15) is 0 Å². The van der Waals surface area contributed by atoms with Gasteiger partial charge in [0.15, 0.2) is 0 Å². The lowest BCUT2D eigenvalue weighted by atomic mass is 9.79. The van der Waals surface area contributed by atoms with Gasteiger partial charge in [-0.25, -0.2) is 0 Å². The fourth-order valence-corrected chi connectivity index (χ4v) is 3.32. The van der Waals surface area contributed by atoms with Gasteiger partial charge in [0.05, 0.1) is 5.92 Å². The second-order valence-corrected chi connectivity index (χ2v) is 5.68. The minimum absolute atomic E-state index is 0.143. The lowest BCUT2D eigenvalue weighted by molar-refractivity contribution is -0.140. The van der Waals surface area contributed by atoms with Crippen molar-refractivity contribution in [3.63, 3.8) is 0 Å². The number of carbonyl (C=O) groups is 1. The predicted molar refractivity (Wildman–Crippen MR) is 67.0 cm³/mol. The smallest absolute Gasteiger partial charge is 0.311 e. The highest BCUT2D eigenvalue weighted by Gasteiger charge is 2.56. The van der Waals surface area contributed by atoms with E-state index in [0.717, 1.165) is 18.5 Å². The zero-order chi connectivity index (χ0) is 12.2. The third-order valence-electron chi connectivity index (χ3n) is 3.77. The topological polar surface area (TPSA) is 49.3 Å². The SMILES string of the molecule is O=C(O)C1c2c(Cl)cc(Cl)cc2NCC12CC2. The number of benzene rings is 1. The van der Waals surface area contributed by atoms with Gasteiger partial charge in [-0.2, -0.15) is 0 Å². The van der Waals surface area contributed by atoms with E-state index in [1.165, 1.54) is 0 Å². The van der Waals surface area contributed by atoms with Gasteiger partial charge in [0.2, 0.25) is 0 Å². The third kappa shape index (κ3) is 1.60. The first-order chi connectivity index (χ1) is 8.03. The minimum atomic E-state index is -0.797. The molecule has 1 aliphatic carbocycles. The molecule has 0 radical (unpaired) electrons. The third-order valence-corrected chi connectivity index (χ3v) is 4.30. The van der Waals surface area contributed by atoms with Crippen LogP contribution in [0.15, 0.2) is 12.1 Å². The molecule has 0 bridgehead atoms. The van der Waals surface area contributed by atoms with Crippen molar-refractivity contribution in [2.45, 2.75) is 18.8 Å². The molecule has 5 heteroatoms. The Morgan fingerprint density at radius 2 is 2.12 bits per heavy atom. The van der Waals surface area contributed by atoms with Gasteiger partial charge in [-0.05, 0) is 25.0 Å². The summed E-state index contributed by atoms with van der Waals surface area (Å²) in [5, 5.41) is 13.7. The molecule has 2 N–H and O–H groups in total. The Morgan fingerprint density at radius 1 is 1.41 bits per heavy atom. The van der Waals surface area contributed by atoms with E-state index in [9.17, 15) is 9.90 Å². The van der Waals surface area contributed by atoms with Crippen molar-refractivity contribution in [3.05, 3.63) is 27.7 Å². The second-order valence-electron chi connectivity index (χ2n) is 4.84. The summed E-state index contributed by atoms with van der Waals surface area (Å²) in [7, 11) is 0. The largest absolute Gasteiger partial charge is 0.481 e. The summed E-state index contributed by atoms with van der Waals surface area (Å²) in [6.07, 6.45) is 1.88. The molecular formula is C12H11Cl2NO2. The monoisotopic (exact) mass is 271 g/mol. The van der Waals surface area contributed by atoms with Crippen LogP contribution in [-0.4, -0.2) is 17.6 Å². The van der Waals surface area contributed by atoms with Crippen molar-refractivity contribution < 1.29 is 9.90 Å². The van der Waals surface area contributed by atoms with Gasteiger partial charge in [0, 0.05) is 33.3 Å². The highest BCUT2D eigenvalue weighted by molar-refractivity contribution is 6.36. The molecule has 1 saturated carbocycles. The number of rotatable bonds is 1. The van der Waals surface area contributed by atoms with Crippen LogP contribution in [0.4, 0.5) is 5.69 Å². The fourth-order valence-electron chi connectivity index (χ4n) is 2.72. The molecule has 2 aliphatic rings. The molecular weight excluding hydrogens is 261 g/mol. The van der Waals surface area contributed by atoms with Gasteiger partial charge in [-0.1, -0.05) is 23.2 Å². The number of fused-ring (bicyclic) bond motifs is 1. The number of anilines is 1. The van der Waals surface area contributed by atoms with E-state index in [4.69, 9.17) is 23.2 Å². The van der Waals surface area contributed by atoms with Gasteiger partial charge in [-0.15, -0.1) is 0 Å². The van der Waals surface area contributed by atoms with E-state index < -0.39 is 11.9 Å². The summed E-state index contributed by atoms with van der Waals surface area (Å²) in [5.74, 6) is -1.31. The fraction of sp³-hybridized carbons (Fsp3) is 0.417. The molecule has 1 heterocycles. The summed E-state index contributed by atoms with van der Waals surface area (Å²) < 4.78 is 0. The average Bonchev–Trinajstić information content (AvgIpc) is 2.99. The molecule has 0 saturated heterocycles. The Morgan fingerprint density at radius 3 is 2.71 bits per heavy atom. The summed E-state index contributed by atoms with van der Waals surface area (Å²) in [4.78, 5) is 11.5. The van der Waals surface area contributed by atoms with Crippen LogP contribution >= 0.6 is 23.2 Å². The lowest BCUT2D eigenvalue weighted by Gasteiger charge is -2.33. The maximum absolute atomic E-state index is 11.5. The van der Waals surface area contributed by atoms with Gasteiger partial charge in [0.25, 0.3) is 0 Å². The molecule has 1 unspecified atom stereocenters. The number of carboxylic acid groups (broad SMARTS) is 1. The van der Waals surface area contributed by atoms with Crippen molar-refractivity contribution in [2.75, 3.05) is 11.9 Å². The molecule has 0 aromatic heterocycles. The number of hydrogen-bond donors (Lipinski definition) is 2. The van der Waals surface area contributed by atoms with Crippen molar-refractivity contribution in [3.8, 4) is 0 Å². The number of hydrogen-bond acceptors (Lipinski definition) is 2. The van der Waals surface area contributed by atoms with Crippen LogP contribution < -0.4 is 5.32 Å². The molecule has 17 heavy (non-hydrogen) atoms. The van der Waals surface area contributed by atoms with E-state index in [-0.39, 0.29) is 5.41 Å². The molecule has 90 valence electrons. The molecule has 1 atom stereocenters. The number of aliphatic carboxylic acids is 1. The lowest BCUT2D eigenvalue weighted by Crippen LogP contribution is -2.34. The first-order valence-corrected chi connectivity index (χ1v) is 6.25. The minimum Gasteiger partial charge on any atom is -0.481 e. The van der Waals surface area contributed by atoms with Crippen molar-refractivity contribution in [2.24, 2.45) is 5.41 Å². The standard InChI is InChI=1S/C12H11Cl2NO2/c13-6-3-7(14)9-8(4-6)15-5-12(1-2-12)10(9)11(16)17/h3-4,10,15H,1-2,5H2,(H,16,17). The summed E-state index contributed by atoms with van der Waals surface area (Å²) in [5.41, 5.74) is 1.30. The number of carboxylic acids is 1. The van der Waals surface area contributed by atoms with Crippen LogP contribution in [0, 0.1) is 5.41 Å². The zero-order valence-corrected chi connectivity index (χ0v) is 10.5. The zero-order valence-electron chi connectivity index (χ0n) is 8.96. The van der Waals surface area contributed by atoms with E-state index in [0.29, 0.717) is 22.2 Å². The van der Waals surface area contributed by atoms with E-state index in [1.807, 2.05) is 0 Å². The van der Waals surface area contributed by atoms with Crippen molar-refractivity contribution >= 4 is 34.9 Å². The van der Waals surface area contributed by atoms with Gasteiger partial charge in [-0.3, -0.25) is 4.79 Å². The summed E-state index contributed by atoms with van der Waals surface area (Å²) in [6.45, 7) is 0.688. The molecule has 1 aromatic carbocycles. The molecule has 3 rings (SSSR count). The molecule has 1 fully saturated rings. The van der Waals surface area contributed by atoms with Crippen LogP contribution in [0.25, 0.3) is 0 Å². The van der Waals surface area contributed by atoms with Crippen LogP contribution in [0.2, 0.25) is 10.0 Å². The maximum Gasteiger partial charge on any atom is 0.311 e. The van der Waals surface area contributed by atoms with E-state index >= 15 is 0 Å². The molecule has 1 aliphatic heterocycles. The second kappa shape index (κ2) is 3.53. The van der Waals surface area contributed by atoms with Gasteiger partial charge < -0.3 is 10.4 Å². The average molecular weight is 272 g/mol. The highest BCUT2D eigenvalue weighted by Crippen LogP contribution is 2.60. The van der Waals surface area contributed by atoms with Crippen molar-refractivity contribution in [1.82, 2.24) is 0 Å². The molecule has 1 spiro atoms. The highest BCUT2D eigenvalue weighted by atomic mass is 35.5. The van der Waals surface area contributed by atoms with Crippen molar-refractivity contribution in [1.29, 1.82) is 0 Å². The summed E-state index contributed by atoms with van der Waals surface area (Å²) in [6, 6.07) is 3.36. The normalized spacial score (nSPS) is 24.0. The van der Waals surface area contributed by atoms with Crippen LogP contribution in [0.5, 0.6) is 0 Å². The quantitative estimate of drug-likeness (QED) is 0.824. The predicted octanol–water partition coefficient (Wildman–Crippen LogP) is 3.37. The Kier molecular flexibility index (Phi) is 2.32. The Hall–Kier alpha value is -0.930. The van der Waals surface area contributed by atoms with Crippen LogP contribution in [-0.2, 0) is 4.79 Å². The number of nitrogens with one attached hydrogen (secondary N) is 1. The first-order valence-electron chi connectivity index (χ1n) is 5.49. The molecule has 1 aromatic rings. The summed E-state index contributed by atoms with van der Waals surface area (Å²) >= 11 is 12.1. The van der Waals surface area contributed by atoms with E-state index in [2.05, 4.69) is 5.32 Å². The Balaban J connectivity index is 2.18. The van der Waals surface area contributed by atoms with Crippen LogP contribution in [0.1, 0.15) is 24.3 Å².